The number of aryl methyl sites for hydroxylation is 1. The van der Waals surface area contributed by atoms with E-state index >= 15 is 0 Å². The monoisotopic (exact) mass is 412 g/mol. The summed E-state index contributed by atoms with van der Waals surface area (Å²) in [6.07, 6.45) is 0.741. The van der Waals surface area contributed by atoms with Crippen LogP contribution in [0.25, 0.3) is 0 Å². The topological polar surface area (TPSA) is 77.1 Å². The Morgan fingerprint density at radius 3 is 2.53 bits per heavy atom. The summed E-state index contributed by atoms with van der Waals surface area (Å²) >= 11 is 0. The highest BCUT2D eigenvalue weighted by Gasteiger charge is 2.21. The molecule has 7 nitrogen and oxygen atoms in total. The van der Waals surface area contributed by atoms with Gasteiger partial charge in [0.05, 0.1) is 31.1 Å². The molecule has 0 aliphatic carbocycles. The van der Waals surface area contributed by atoms with Crippen LogP contribution in [-0.4, -0.2) is 51.4 Å². The summed E-state index contributed by atoms with van der Waals surface area (Å²) < 4.78 is 16.3. The Labute approximate surface area is 176 Å². The van der Waals surface area contributed by atoms with Crippen LogP contribution in [0.3, 0.4) is 0 Å². The molecule has 0 saturated carbocycles. The van der Waals surface area contributed by atoms with Gasteiger partial charge in [-0.3, -0.25) is 4.79 Å². The van der Waals surface area contributed by atoms with Crippen molar-refractivity contribution in [3.63, 3.8) is 0 Å². The molecule has 7 heteroatoms. The van der Waals surface area contributed by atoms with Gasteiger partial charge in [0, 0.05) is 18.8 Å². The molecule has 0 aromatic heterocycles. The van der Waals surface area contributed by atoms with Crippen molar-refractivity contribution in [3.05, 3.63) is 53.6 Å². The second-order valence-electron chi connectivity index (χ2n) is 7.12. The second-order valence-corrected chi connectivity index (χ2v) is 7.12. The van der Waals surface area contributed by atoms with E-state index in [0.717, 1.165) is 17.7 Å². The van der Waals surface area contributed by atoms with Crippen molar-refractivity contribution in [3.8, 4) is 5.75 Å². The molecule has 0 unspecified atom stereocenters. The molecule has 1 fully saturated rings. The highest BCUT2D eigenvalue weighted by molar-refractivity contribution is 5.99. The summed E-state index contributed by atoms with van der Waals surface area (Å²) in [6.45, 7) is 6.78. The van der Waals surface area contributed by atoms with E-state index in [1.807, 2.05) is 44.2 Å². The van der Waals surface area contributed by atoms with Gasteiger partial charge >= 0.3 is 5.97 Å². The van der Waals surface area contributed by atoms with Crippen LogP contribution >= 0.6 is 0 Å². The Balaban J connectivity index is 1.69. The number of carbonyl (C=O) groups excluding carboxylic acids is 2. The fraction of sp³-hybridized carbons (Fsp3) is 0.391. The van der Waals surface area contributed by atoms with Gasteiger partial charge in [-0.2, -0.15) is 0 Å². The average molecular weight is 412 g/mol. The molecule has 1 heterocycles. The van der Waals surface area contributed by atoms with Crippen molar-refractivity contribution < 1.29 is 23.8 Å². The van der Waals surface area contributed by atoms with Gasteiger partial charge in [0.2, 0.25) is 0 Å². The minimum atomic E-state index is -0.398. The minimum absolute atomic E-state index is 0.121. The van der Waals surface area contributed by atoms with E-state index in [0.29, 0.717) is 49.9 Å². The van der Waals surface area contributed by atoms with Crippen LogP contribution < -0.4 is 15.0 Å². The molecular formula is C23H28N2O5. The lowest BCUT2D eigenvalue weighted by Gasteiger charge is -2.30. The van der Waals surface area contributed by atoms with Crippen LogP contribution in [0.15, 0.2) is 42.5 Å². The van der Waals surface area contributed by atoms with Crippen LogP contribution in [0.4, 0.5) is 11.4 Å². The van der Waals surface area contributed by atoms with Crippen LogP contribution in [-0.2, 0) is 14.3 Å². The standard InChI is InChI=1S/C23H28N2O5/c1-3-12-29-23(27)20-15-18(6-9-21(20)25-10-13-28-14-11-25)24-22(26)16-30-19-7-4-17(2)5-8-19/h4-9,15H,3,10-14,16H2,1-2H3,(H,24,26). The zero-order valence-corrected chi connectivity index (χ0v) is 17.5. The maximum Gasteiger partial charge on any atom is 0.340 e. The van der Waals surface area contributed by atoms with Crippen LogP contribution in [0, 0.1) is 6.92 Å². The third kappa shape index (κ3) is 5.97. The predicted octanol–water partition coefficient (Wildman–Crippen LogP) is 3.42. The first-order chi connectivity index (χ1) is 14.6. The van der Waals surface area contributed by atoms with Gasteiger partial charge in [0.25, 0.3) is 5.91 Å². The Bertz CT molecular complexity index is 860. The van der Waals surface area contributed by atoms with Crippen LogP contribution in [0.2, 0.25) is 0 Å². The van der Waals surface area contributed by atoms with E-state index in [-0.39, 0.29) is 12.5 Å². The summed E-state index contributed by atoms with van der Waals surface area (Å²) in [7, 11) is 0. The molecule has 30 heavy (non-hydrogen) atoms. The molecule has 0 spiro atoms. The molecule has 2 aromatic carbocycles. The quantitative estimate of drug-likeness (QED) is 0.670. The summed E-state index contributed by atoms with van der Waals surface area (Å²) in [4.78, 5) is 27.0. The number of nitrogens with zero attached hydrogens (tertiary/aromatic N) is 1. The van der Waals surface area contributed by atoms with Gasteiger partial charge in [-0.15, -0.1) is 0 Å². The fourth-order valence-corrected chi connectivity index (χ4v) is 3.11. The molecule has 0 radical (unpaired) electrons. The molecule has 2 aromatic rings. The lowest BCUT2D eigenvalue weighted by atomic mass is 10.1. The van der Waals surface area contributed by atoms with Crippen molar-refractivity contribution in [2.45, 2.75) is 20.3 Å². The molecule has 160 valence electrons. The lowest BCUT2D eigenvalue weighted by molar-refractivity contribution is -0.118. The smallest absolute Gasteiger partial charge is 0.340 e. The lowest BCUT2D eigenvalue weighted by Crippen LogP contribution is -2.37. The number of carbonyl (C=O) groups is 2. The van der Waals surface area contributed by atoms with E-state index in [2.05, 4.69) is 10.2 Å². The second kappa shape index (κ2) is 10.6. The van der Waals surface area contributed by atoms with Crippen molar-refractivity contribution in [2.24, 2.45) is 0 Å². The predicted molar refractivity (Wildman–Crippen MR) is 115 cm³/mol. The molecule has 1 amide bonds. The summed E-state index contributed by atoms with van der Waals surface area (Å²) in [5, 5.41) is 2.79. The molecule has 0 atom stereocenters. The van der Waals surface area contributed by atoms with Gasteiger partial charge in [-0.05, 0) is 43.7 Å². The number of benzene rings is 2. The van der Waals surface area contributed by atoms with Gasteiger partial charge < -0.3 is 24.4 Å². The molecule has 0 bridgehead atoms. The summed E-state index contributed by atoms with van der Waals surface area (Å²) in [5.74, 6) is -0.0739. The maximum absolute atomic E-state index is 12.6. The van der Waals surface area contributed by atoms with Gasteiger partial charge in [-0.25, -0.2) is 4.79 Å². The first-order valence-corrected chi connectivity index (χ1v) is 10.2. The number of morpholine rings is 1. The van der Waals surface area contributed by atoms with Gasteiger partial charge in [0.1, 0.15) is 5.75 Å². The van der Waals surface area contributed by atoms with Crippen LogP contribution in [0.1, 0.15) is 29.3 Å². The molecular weight excluding hydrogens is 384 g/mol. The largest absolute Gasteiger partial charge is 0.484 e. The fourth-order valence-electron chi connectivity index (χ4n) is 3.11. The molecule has 1 saturated heterocycles. The van der Waals surface area contributed by atoms with E-state index in [9.17, 15) is 9.59 Å². The minimum Gasteiger partial charge on any atom is -0.484 e. The van der Waals surface area contributed by atoms with Gasteiger partial charge in [0.15, 0.2) is 6.61 Å². The molecule has 3 rings (SSSR count). The molecule has 1 aliphatic rings. The Kier molecular flexibility index (Phi) is 7.68. The van der Waals surface area contributed by atoms with Crippen LogP contribution in [0.5, 0.6) is 5.75 Å². The number of amides is 1. The summed E-state index contributed by atoms with van der Waals surface area (Å²) in [6, 6.07) is 12.8. The highest BCUT2D eigenvalue weighted by Crippen LogP contribution is 2.26. The average Bonchev–Trinajstić information content (AvgIpc) is 2.77. The van der Waals surface area contributed by atoms with Crippen molar-refractivity contribution >= 4 is 23.3 Å². The number of rotatable bonds is 8. The number of hydrogen-bond acceptors (Lipinski definition) is 6. The Hall–Kier alpha value is -3.06. The third-order valence-electron chi connectivity index (χ3n) is 4.68. The van der Waals surface area contributed by atoms with E-state index < -0.39 is 5.97 Å². The Morgan fingerprint density at radius 1 is 1.10 bits per heavy atom. The number of anilines is 2. The molecule has 1 N–H and O–H groups in total. The van der Waals surface area contributed by atoms with Gasteiger partial charge in [-0.1, -0.05) is 24.6 Å². The number of ether oxygens (including phenoxy) is 3. The third-order valence-corrected chi connectivity index (χ3v) is 4.68. The SMILES string of the molecule is CCCOC(=O)c1cc(NC(=O)COc2ccc(C)cc2)ccc1N1CCOCC1. The van der Waals surface area contributed by atoms with E-state index in [1.54, 1.807) is 12.1 Å². The summed E-state index contributed by atoms with van der Waals surface area (Å²) in [5.41, 5.74) is 2.86. The van der Waals surface area contributed by atoms with Crippen molar-refractivity contribution in [2.75, 3.05) is 49.7 Å². The normalized spacial score (nSPS) is 13.6. The molecule has 1 aliphatic heterocycles. The first-order valence-electron chi connectivity index (χ1n) is 10.2. The van der Waals surface area contributed by atoms with Crippen molar-refractivity contribution in [1.82, 2.24) is 0 Å². The zero-order valence-electron chi connectivity index (χ0n) is 17.5. The highest BCUT2D eigenvalue weighted by atomic mass is 16.5. The maximum atomic E-state index is 12.6. The van der Waals surface area contributed by atoms with E-state index in [4.69, 9.17) is 14.2 Å². The zero-order chi connectivity index (χ0) is 21.3. The van der Waals surface area contributed by atoms with E-state index in [1.165, 1.54) is 0 Å². The Morgan fingerprint density at radius 2 is 1.83 bits per heavy atom. The number of hydrogen-bond donors (Lipinski definition) is 1. The first kappa shape index (κ1) is 21.6. The number of esters is 1. The van der Waals surface area contributed by atoms with Crippen molar-refractivity contribution in [1.29, 1.82) is 0 Å². The number of nitrogens with one attached hydrogen (secondary N) is 1.